The van der Waals surface area contributed by atoms with E-state index in [4.69, 9.17) is 20.1 Å². The molecule has 0 bridgehead atoms. The molecule has 0 aliphatic carbocycles. The highest BCUT2D eigenvalue weighted by atomic mass is 16.8. The van der Waals surface area contributed by atoms with Crippen molar-refractivity contribution >= 4 is 0 Å². The summed E-state index contributed by atoms with van der Waals surface area (Å²) in [5.74, 6) is 0. The molecular formula is C6H14O5. The lowest BCUT2D eigenvalue weighted by Gasteiger charge is -1.91. The third kappa shape index (κ3) is 9.80. The molecule has 1 rings (SSSR count). The molecule has 5 nitrogen and oxygen atoms in total. The van der Waals surface area contributed by atoms with Crippen LogP contribution in [0.15, 0.2) is 0 Å². The lowest BCUT2D eigenvalue weighted by molar-refractivity contribution is 0.0277. The van der Waals surface area contributed by atoms with Crippen molar-refractivity contribution in [1.29, 1.82) is 0 Å². The number of ether oxygens (including phenoxy) is 2. The second kappa shape index (κ2) is 7.90. The molecule has 0 aromatic rings. The minimum Gasteiger partial charge on any atom is -0.394 e. The number of aliphatic hydroxyl groups is 3. The van der Waals surface area contributed by atoms with Crippen molar-refractivity contribution in [2.45, 2.75) is 6.29 Å². The van der Waals surface area contributed by atoms with Gasteiger partial charge in [-0.3, -0.25) is 0 Å². The van der Waals surface area contributed by atoms with Gasteiger partial charge in [0.05, 0.1) is 26.4 Å². The van der Waals surface area contributed by atoms with Gasteiger partial charge in [-0.1, -0.05) is 0 Å². The largest absolute Gasteiger partial charge is 0.394 e. The van der Waals surface area contributed by atoms with E-state index < -0.39 is 0 Å². The van der Waals surface area contributed by atoms with E-state index in [0.717, 1.165) is 0 Å². The average molecular weight is 166 g/mol. The van der Waals surface area contributed by atoms with Gasteiger partial charge in [-0.15, -0.1) is 0 Å². The number of hydrogen-bond donors (Lipinski definition) is 3. The first-order chi connectivity index (χ1) is 5.35. The highest BCUT2D eigenvalue weighted by Gasteiger charge is 2.22. The van der Waals surface area contributed by atoms with Gasteiger partial charge in [0.1, 0.15) is 6.61 Å². The van der Waals surface area contributed by atoms with Crippen molar-refractivity contribution in [1.82, 2.24) is 0 Å². The molecule has 1 heterocycles. The zero-order valence-electron chi connectivity index (χ0n) is 6.27. The minimum absolute atomic E-state index is 0.00727. The van der Waals surface area contributed by atoms with Gasteiger partial charge in [0.25, 0.3) is 0 Å². The summed E-state index contributed by atoms with van der Waals surface area (Å²) in [6.45, 7) is 0.921. The summed E-state index contributed by atoms with van der Waals surface area (Å²) in [6.07, 6.45) is -0.00727. The molecule has 0 saturated carbocycles. The van der Waals surface area contributed by atoms with E-state index in [2.05, 4.69) is 4.74 Å². The zero-order valence-corrected chi connectivity index (χ0v) is 6.27. The van der Waals surface area contributed by atoms with E-state index in [0.29, 0.717) is 13.2 Å². The van der Waals surface area contributed by atoms with Crippen molar-refractivity contribution in [3.8, 4) is 0 Å². The van der Waals surface area contributed by atoms with Crippen LogP contribution in [-0.4, -0.2) is 54.6 Å². The van der Waals surface area contributed by atoms with Crippen molar-refractivity contribution in [3.63, 3.8) is 0 Å². The van der Waals surface area contributed by atoms with Crippen LogP contribution in [0.2, 0.25) is 0 Å². The highest BCUT2D eigenvalue weighted by Crippen LogP contribution is 2.08. The molecule has 0 aromatic carbocycles. The molecule has 1 fully saturated rings. The number of rotatable bonds is 4. The normalized spacial score (nSPS) is 20.5. The van der Waals surface area contributed by atoms with Crippen LogP contribution >= 0.6 is 0 Å². The van der Waals surface area contributed by atoms with Gasteiger partial charge in [-0.05, 0) is 0 Å². The van der Waals surface area contributed by atoms with Crippen LogP contribution in [0, 0.1) is 0 Å². The average Bonchev–Trinajstić information content (AvgIpc) is 2.85. The zero-order chi connectivity index (χ0) is 8.53. The molecule has 0 amide bonds. The van der Waals surface area contributed by atoms with Gasteiger partial charge in [0.2, 0.25) is 0 Å². The van der Waals surface area contributed by atoms with Crippen LogP contribution in [0.3, 0.4) is 0 Å². The van der Waals surface area contributed by atoms with Crippen molar-refractivity contribution in [3.05, 3.63) is 0 Å². The van der Waals surface area contributed by atoms with Gasteiger partial charge in [0, 0.05) is 0 Å². The Morgan fingerprint density at radius 3 is 2.00 bits per heavy atom. The Morgan fingerprint density at radius 2 is 1.73 bits per heavy atom. The van der Waals surface area contributed by atoms with Crippen molar-refractivity contribution in [2.24, 2.45) is 0 Å². The third-order valence-corrected chi connectivity index (χ3v) is 0.798. The molecule has 1 aliphatic heterocycles. The second-order valence-electron chi connectivity index (χ2n) is 1.80. The first-order valence-electron chi connectivity index (χ1n) is 3.41. The molecule has 0 radical (unpaired) electrons. The van der Waals surface area contributed by atoms with E-state index in [-0.39, 0.29) is 26.1 Å². The fourth-order valence-electron chi connectivity index (χ4n) is 0.320. The maximum Gasteiger partial charge on any atom is 0.181 e. The summed E-state index contributed by atoms with van der Waals surface area (Å²) in [6, 6.07) is 0. The third-order valence-electron chi connectivity index (χ3n) is 0.798. The first-order valence-corrected chi connectivity index (χ1v) is 3.41. The number of hydrogen-bond acceptors (Lipinski definition) is 5. The van der Waals surface area contributed by atoms with E-state index >= 15 is 0 Å². The fourth-order valence-corrected chi connectivity index (χ4v) is 0.320. The monoisotopic (exact) mass is 166 g/mol. The Balaban J connectivity index is 0.000000218. The summed E-state index contributed by atoms with van der Waals surface area (Å²) < 4.78 is 9.51. The molecule has 0 spiro atoms. The van der Waals surface area contributed by atoms with E-state index in [1.807, 2.05) is 0 Å². The molecule has 1 aliphatic rings. The van der Waals surface area contributed by atoms with Crippen LogP contribution < -0.4 is 0 Å². The molecular weight excluding hydrogens is 152 g/mol. The van der Waals surface area contributed by atoms with Crippen LogP contribution in [-0.2, 0) is 9.47 Å². The first kappa shape index (κ1) is 10.8. The van der Waals surface area contributed by atoms with Crippen LogP contribution in [0.5, 0.6) is 0 Å². The molecule has 5 heteroatoms. The van der Waals surface area contributed by atoms with Crippen molar-refractivity contribution in [2.75, 3.05) is 33.0 Å². The molecule has 11 heavy (non-hydrogen) atoms. The molecule has 3 N–H and O–H groups in total. The van der Waals surface area contributed by atoms with Gasteiger partial charge in [0.15, 0.2) is 6.29 Å². The Kier molecular flexibility index (Phi) is 7.76. The number of epoxide rings is 1. The molecule has 1 atom stereocenters. The van der Waals surface area contributed by atoms with Crippen LogP contribution in [0.25, 0.3) is 0 Å². The predicted octanol–water partition coefficient (Wildman–Crippen LogP) is -1.68. The van der Waals surface area contributed by atoms with Gasteiger partial charge in [-0.2, -0.15) is 0 Å². The van der Waals surface area contributed by atoms with Gasteiger partial charge in [-0.25, -0.2) is 0 Å². The summed E-state index contributed by atoms with van der Waals surface area (Å²) in [7, 11) is 0. The topological polar surface area (TPSA) is 82.5 Å². The summed E-state index contributed by atoms with van der Waals surface area (Å²) in [5.41, 5.74) is 0. The Labute approximate surface area is 65.2 Å². The van der Waals surface area contributed by atoms with E-state index in [9.17, 15) is 0 Å². The summed E-state index contributed by atoms with van der Waals surface area (Å²) >= 11 is 0. The van der Waals surface area contributed by atoms with Gasteiger partial charge < -0.3 is 24.8 Å². The number of aliphatic hydroxyl groups excluding tert-OH is 3. The quantitative estimate of drug-likeness (QED) is 0.435. The standard InChI is InChI=1S/C4H8O3.C2H6O2/c5-1-2-6-4-3-7-4;3-1-2-4/h4-5H,1-3H2;3-4H,1-2H2. The smallest absolute Gasteiger partial charge is 0.181 e. The molecule has 0 aromatic heterocycles. The van der Waals surface area contributed by atoms with E-state index in [1.54, 1.807) is 0 Å². The fraction of sp³-hybridized carbons (Fsp3) is 1.00. The highest BCUT2D eigenvalue weighted by molar-refractivity contribution is 4.53. The molecule has 1 saturated heterocycles. The second-order valence-corrected chi connectivity index (χ2v) is 1.80. The lowest BCUT2D eigenvalue weighted by Crippen LogP contribution is -2.00. The van der Waals surface area contributed by atoms with E-state index in [1.165, 1.54) is 0 Å². The van der Waals surface area contributed by atoms with Gasteiger partial charge >= 0.3 is 0 Å². The summed E-state index contributed by atoms with van der Waals surface area (Å²) in [4.78, 5) is 0. The Bertz CT molecular complexity index is 71.4. The van der Waals surface area contributed by atoms with Crippen LogP contribution in [0.4, 0.5) is 0 Å². The molecule has 68 valence electrons. The molecule has 1 unspecified atom stereocenters. The lowest BCUT2D eigenvalue weighted by atomic mass is 10.8. The van der Waals surface area contributed by atoms with Crippen LogP contribution in [0.1, 0.15) is 0 Å². The van der Waals surface area contributed by atoms with Crippen molar-refractivity contribution < 1.29 is 24.8 Å². The Hall–Kier alpha value is -0.200. The maximum atomic E-state index is 8.16. The predicted molar refractivity (Wildman–Crippen MR) is 36.9 cm³/mol. The SMILES string of the molecule is OCCO.OCCOC1CO1. The maximum absolute atomic E-state index is 8.16. The summed E-state index contributed by atoms with van der Waals surface area (Å²) in [5, 5.41) is 23.4. The minimum atomic E-state index is -0.125. The Morgan fingerprint density at radius 1 is 1.18 bits per heavy atom.